The molecule has 3 aromatic rings. The molecule has 0 aliphatic rings. The highest BCUT2D eigenvalue weighted by Crippen LogP contribution is 2.23. The number of aryl methyl sites for hydroxylation is 2. The van der Waals surface area contributed by atoms with Crippen molar-refractivity contribution < 1.29 is 9.18 Å². The van der Waals surface area contributed by atoms with Crippen LogP contribution >= 0.6 is 0 Å². The first kappa shape index (κ1) is 15.9. The van der Waals surface area contributed by atoms with Crippen LogP contribution in [-0.2, 0) is 4.79 Å². The molecule has 3 rings (SSSR count). The number of hydrogen-bond acceptors (Lipinski definition) is 2. The summed E-state index contributed by atoms with van der Waals surface area (Å²) in [5.74, 6) is -0.501. The standard InChI is InChI=1S/C19H18FN3O/c1-12-4-7-19(13(2)8-12)23(14(3)24)22-11-15-10-21-18-6-5-16(20)9-17(15)18/h4-11,21H,1-3H3/b22-11+. The second-order valence-electron chi connectivity index (χ2n) is 5.80. The van der Waals surface area contributed by atoms with Gasteiger partial charge in [0.15, 0.2) is 0 Å². The molecule has 2 aromatic carbocycles. The fourth-order valence-electron chi connectivity index (χ4n) is 2.70. The number of halogens is 1. The van der Waals surface area contributed by atoms with Gasteiger partial charge >= 0.3 is 0 Å². The number of rotatable bonds is 3. The number of nitrogens with zero attached hydrogens (tertiary/aromatic N) is 2. The van der Waals surface area contributed by atoms with Crippen molar-refractivity contribution in [1.82, 2.24) is 4.98 Å². The first-order valence-corrected chi connectivity index (χ1v) is 7.64. The lowest BCUT2D eigenvalue weighted by Gasteiger charge is -2.17. The molecular formula is C19H18FN3O. The molecule has 0 saturated carbocycles. The van der Waals surface area contributed by atoms with Gasteiger partial charge in [0.05, 0.1) is 11.9 Å². The minimum atomic E-state index is -0.311. The molecule has 0 spiro atoms. The molecule has 0 bridgehead atoms. The van der Waals surface area contributed by atoms with E-state index in [4.69, 9.17) is 0 Å². The average molecular weight is 323 g/mol. The Bertz CT molecular complexity index is 943. The molecule has 1 aromatic heterocycles. The van der Waals surface area contributed by atoms with Crippen molar-refractivity contribution in [2.24, 2.45) is 5.10 Å². The number of benzene rings is 2. The summed E-state index contributed by atoms with van der Waals surface area (Å²) in [6, 6.07) is 10.3. The Morgan fingerprint density at radius 3 is 2.71 bits per heavy atom. The highest BCUT2D eigenvalue weighted by Gasteiger charge is 2.13. The Morgan fingerprint density at radius 1 is 1.21 bits per heavy atom. The number of hydrazone groups is 1. The maximum atomic E-state index is 13.5. The van der Waals surface area contributed by atoms with E-state index in [1.54, 1.807) is 18.5 Å². The number of amides is 1. The first-order chi connectivity index (χ1) is 11.5. The molecule has 1 amide bonds. The van der Waals surface area contributed by atoms with Gasteiger partial charge in [-0.3, -0.25) is 4.79 Å². The molecule has 0 radical (unpaired) electrons. The number of nitrogens with one attached hydrogen (secondary N) is 1. The lowest BCUT2D eigenvalue weighted by Crippen LogP contribution is -2.23. The lowest BCUT2D eigenvalue weighted by molar-refractivity contribution is -0.116. The maximum absolute atomic E-state index is 13.5. The van der Waals surface area contributed by atoms with Gasteiger partial charge in [-0.15, -0.1) is 0 Å². The minimum Gasteiger partial charge on any atom is -0.361 e. The van der Waals surface area contributed by atoms with E-state index in [9.17, 15) is 9.18 Å². The molecule has 0 atom stereocenters. The van der Waals surface area contributed by atoms with Gasteiger partial charge in [0.2, 0.25) is 5.91 Å². The first-order valence-electron chi connectivity index (χ1n) is 7.64. The fourth-order valence-corrected chi connectivity index (χ4v) is 2.70. The van der Waals surface area contributed by atoms with Gasteiger partial charge in [-0.05, 0) is 43.7 Å². The topological polar surface area (TPSA) is 48.5 Å². The predicted octanol–water partition coefficient (Wildman–Crippen LogP) is 4.31. The van der Waals surface area contributed by atoms with Crippen LogP contribution in [0.1, 0.15) is 23.6 Å². The van der Waals surface area contributed by atoms with E-state index < -0.39 is 0 Å². The quantitative estimate of drug-likeness (QED) is 0.566. The number of carbonyl (C=O) groups excluding carboxylic acids is 1. The zero-order valence-corrected chi connectivity index (χ0v) is 13.8. The Morgan fingerprint density at radius 2 is 2.00 bits per heavy atom. The van der Waals surface area contributed by atoms with E-state index in [1.165, 1.54) is 24.1 Å². The van der Waals surface area contributed by atoms with Crippen LogP contribution in [0.4, 0.5) is 10.1 Å². The summed E-state index contributed by atoms with van der Waals surface area (Å²) >= 11 is 0. The second kappa shape index (κ2) is 6.28. The Hall–Kier alpha value is -2.95. The third kappa shape index (κ3) is 3.06. The van der Waals surface area contributed by atoms with E-state index in [1.807, 2.05) is 32.0 Å². The van der Waals surface area contributed by atoms with Crippen molar-refractivity contribution in [3.63, 3.8) is 0 Å². The second-order valence-corrected chi connectivity index (χ2v) is 5.80. The van der Waals surface area contributed by atoms with Gasteiger partial charge in [0.1, 0.15) is 5.82 Å². The normalized spacial score (nSPS) is 11.3. The monoisotopic (exact) mass is 323 g/mol. The molecule has 0 aliphatic heterocycles. The zero-order valence-electron chi connectivity index (χ0n) is 13.8. The number of aromatic nitrogens is 1. The molecule has 122 valence electrons. The molecule has 0 aliphatic carbocycles. The van der Waals surface area contributed by atoms with Gasteiger partial charge in [0, 0.05) is 29.6 Å². The largest absolute Gasteiger partial charge is 0.361 e. The predicted molar refractivity (Wildman–Crippen MR) is 94.9 cm³/mol. The molecule has 5 heteroatoms. The fraction of sp³-hybridized carbons (Fsp3) is 0.158. The summed E-state index contributed by atoms with van der Waals surface area (Å²) in [7, 11) is 0. The summed E-state index contributed by atoms with van der Waals surface area (Å²) in [6.45, 7) is 5.40. The van der Waals surface area contributed by atoms with Crippen molar-refractivity contribution >= 4 is 28.7 Å². The summed E-state index contributed by atoms with van der Waals surface area (Å²) < 4.78 is 13.5. The molecule has 0 unspecified atom stereocenters. The molecule has 24 heavy (non-hydrogen) atoms. The van der Waals surface area contributed by atoms with Crippen LogP contribution < -0.4 is 5.01 Å². The van der Waals surface area contributed by atoms with Gasteiger partial charge in [-0.2, -0.15) is 5.10 Å². The summed E-state index contributed by atoms with van der Waals surface area (Å²) in [4.78, 5) is 15.1. The van der Waals surface area contributed by atoms with Crippen LogP contribution in [0.2, 0.25) is 0 Å². The maximum Gasteiger partial charge on any atom is 0.244 e. The highest BCUT2D eigenvalue weighted by atomic mass is 19.1. The number of aromatic amines is 1. The third-order valence-corrected chi connectivity index (χ3v) is 3.87. The van der Waals surface area contributed by atoms with Gasteiger partial charge in [-0.25, -0.2) is 9.40 Å². The summed E-state index contributed by atoms with van der Waals surface area (Å²) in [5, 5.41) is 6.40. The van der Waals surface area contributed by atoms with Crippen molar-refractivity contribution in [3.05, 3.63) is 65.1 Å². The number of H-pyrrole nitrogens is 1. The Balaban J connectivity index is 1.99. The summed E-state index contributed by atoms with van der Waals surface area (Å²) in [6.07, 6.45) is 3.31. The van der Waals surface area contributed by atoms with Crippen LogP contribution in [0.25, 0.3) is 10.9 Å². The van der Waals surface area contributed by atoms with Crippen molar-refractivity contribution in [1.29, 1.82) is 0 Å². The SMILES string of the molecule is CC(=O)N(/N=C/c1c[nH]c2ccc(F)cc12)c1ccc(C)cc1C. The molecule has 1 N–H and O–H groups in total. The van der Waals surface area contributed by atoms with E-state index in [-0.39, 0.29) is 11.7 Å². The van der Waals surface area contributed by atoms with Gasteiger partial charge < -0.3 is 4.98 Å². The van der Waals surface area contributed by atoms with Crippen molar-refractivity contribution in [2.45, 2.75) is 20.8 Å². The van der Waals surface area contributed by atoms with Crippen LogP contribution in [0.15, 0.2) is 47.7 Å². The minimum absolute atomic E-state index is 0.191. The van der Waals surface area contributed by atoms with Crippen LogP contribution in [0, 0.1) is 19.7 Å². The van der Waals surface area contributed by atoms with E-state index in [0.717, 1.165) is 33.3 Å². The smallest absolute Gasteiger partial charge is 0.244 e. The number of carbonyl (C=O) groups is 1. The van der Waals surface area contributed by atoms with Crippen LogP contribution in [-0.4, -0.2) is 17.1 Å². The van der Waals surface area contributed by atoms with Crippen molar-refractivity contribution in [3.8, 4) is 0 Å². The molecule has 1 heterocycles. The van der Waals surface area contributed by atoms with E-state index in [2.05, 4.69) is 10.1 Å². The number of anilines is 1. The Kier molecular flexibility index (Phi) is 4.16. The highest BCUT2D eigenvalue weighted by molar-refractivity contribution is 6.01. The Labute approximate surface area is 139 Å². The van der Waals surface area contributed by atoms with Crippen molar-refractivity contribution in [2.75, 3.05) is 5.01 Å². The molecule has 0 fully saturated rings. The third-order valence-electron chi connectivity index (χ3n) is 3.87. The lowest BCUT2D eigenvalue weighted by atomic mass is 10.1. The molecule has 0 saturated heterocycles. The van der Waals surface area contributed by atoms with Gasteiger partial charge in [0.25, 0.3) is 0 Å². The zero-order chi connectivity index (χ0) is 17.3. The molecular weight excluding hydrogens is 305 g/mol. The average Bonchev–Trinajstić information content (AvgIpc) is 2.91. The number of hydrogen-bond donors (Lipinski definition) is 1. The van der Waals surface area contributed by atoms with Gasteiger partial charge in [-0.1, -0.05) is 17.7 Å². The van der Waals surface area contributed by atoms with E-state index >= 15 is 0 Å². The van der Waals surface area contributed by atoms with E-state index in [0.29, 0.717) is 0 Å². The molecule has 4 nitrogen and oxygen atoms in total. The van der Waals surface area contributed by atoms with Crippen LogP contribution in [0.5, 0.6) is 0 Å². The number of fused-ring (bicyclic) bond motifs is 1. The summed E-state index contributed by atoms with van der Waals surface area (Å²) in [5.41, 5.74) is 4.36. The van der Waals surface area contributed by atoms with Crippen LogP contribution in [0.3, 0.4) is 0 Å².